The molecule has 0 fully saturated rings. The van der Waals surface area contributed by atoms with Crippen LogP contribution in [0.5, 0.6) is 11.5 Å². The Bertz CT molecular complexity index is 1420. The molecular formula is C33H32F6O2. The summed E-state index contributed by atoms with van der Waals surface area (Å²) >= 11 is 0. The second-order valence-corrected chi connectivity index (χ2v) is 10.1. The molecule has 4 rings (SSSR count). The maximum atomic E-state index is 15.2. The molecule has 218 valence electrons. The molecule has 0 aliphatic carbocycles. The minimum absolute atomic E-state index is 0.0111. The second kappa shape index (κ2) is 13.8. The zero-order valence-corrected chi connectivity index (χ0v) is 22.8. The molecule has 4 aromatic carbocycles. The zero-order valence-electron chi connectivity index (χ0n) is 22.8. The molecule has 2 nitrogen and oxygen atoms in total. The summed E-state index contributed by atoms with van der Waals surface area (Å²) in [6.07, 6.45) is 0.601. The summed E-state index contributed by atoms with van der Waals surface area (Å²) in [6, 6.07) is 16.7. The predicted octanol–water partition coefficient (Wildman–Crippen LogP) is 9.69. The first-order chi connectivity index (χ1) is 19.6. The molecule has 0 radical (unpaired) electrons. The van der Waals surface area contributed by atoms with E-state index in [0.717, 1.165) is 36.8 Å². The number of rotatable bonds is 13. The van der Waals surface area contributed by atoms with Crippen molar-refractivity contribution in [3.05, 3.63) is 106 Å². The lowest BCUT2D eigenvalue weighted by molar-refractivity contribution is -0.274. The van der Waals surface area contributed by atoms with Gasteiger partial charge in [-0.05, 0) is 66.3 Å². The smallest absolute Gasteiger partial charge is 0.493 e. The van der Waals surface area contributed by atoms with E-state index in [1.54, 1.807) is 24.3 Å². The van der Waals surface area contributed by atoms with E-state index >= 15 is 4.39 Å². The van der Waals surface area contributed by atoms with E-state index in [1.807, 2.05) is 6.07 Å². The number of hydrogen-bond acceptors (Lipinski definition) is 2. The summed E-state index contributed by atoms with van der Waals surface area (Å²) in [7, 11) is 0. The maximum absolute atomic E-state index is 15.2. The predicted molar refractivity (Wildman–Crippen MR) is 148 cm³/mol. The van der Waals surface area contributed by atoms with E-state index in [0.29, 0.717) is 42.2 Å². The number of hydrogen-bond donors (Lipinski definition) is 0. The molecule has 0 saturated heterocycles. The number of aryl methyl sites for hydroxylation is 3. The molecule has 0 atom stereocenters. The van der Waals surface area contributed by atoms with Gasteiger partial charge in [0, 0.05) is 23.1 Å². The highest BCUT2D eigenvalue weighted by Gasteiger charge is 2.30. The Morgan fingerprint density at radius 2 is 1.34 bits per heavy atom. The molecule has 0 spiro atoms. The second-order valence-electron chi connectivity index (χ2n) is 10.1. The first-order valence-corrected chi connectivity index (χ1v) is 13.8. The van der Waals surface area contributed by atoms with Crippen LogP contribution in [0.15, 0.2) is 66.7 Å². The Kier molecular flexibility index (Phi) is 10.2. The zero-order chi connectivity index (χ0) is 29.4. The van der Waals surface area contributed by atoms with Crippen molar-refractivity contribution in [2.24, 2.45) is 0 Å². The third kappa shape index (κ3) is 8.65. The minimum Gasteiger partial charge on any atom is -0.493 e. The van der Waals surface area contributed by atoms with E-state index < -0.39 is 18.0 Å². The van der Waals surface area contributed by atoms with E-state index in [2.05, 4.69) is 11.7 Å². The van der Waals surface area contributed by atoms with Gasteiger partial charge in [0.05, 0.1) is 6.61 Å². The van der Waals surface area contributed by atoms with Crippen molar-refractivity contribution in [2.75, 3.05) is 6.61 Å². The molecule has 8 heteroatoms. The number of alkyl halides is 3. The van der Waals surface area contributed by atoms with Crippen molar-refractivity contribution in [3.63, 3.8) is 0 Å². The van der Waals surface area contributed by atoms with E-state index in [-0.39, 0.29) is 29.3 Å². The molecule has 0 aliphatic rings. The van der Waals surface area contributed by atoms with Gasteiger partial charge in [-0.1, -0.05) is 68.7 Å². The van der Waals surface area contributed by atoms with E-state index in [9.17, 15) is 22.0 Å². The third-order valence-electron chi connectivity index (χ3n) is 6.98. The average Bonchev–Trinajstić information content (AvgIpc) is 2.92. The highest BCUT2D eigenvalue weighted by molar-refractivity contribution is 5.84. The van der Waals surface area contributed by atoms with Gasteiger partial charge >= 0.3 is 6.36 Å². The quantitative estimate of drug-likeness (QED) is 0.117. The monoisotopic (exact) mass is 574 g/mol. The van der Waals surface area contributed by atoms with Gasteiger partial charge in [0.15, 0.2) is 0 Å². The van der Waals surface area contributed by atoms with Crippen LogP contribution in [0, 0.1) is 17.5 Å². The number of fused-ring (bicyclic) bond motifs is 1. The first-order valence-electron chi connectivity index (χ1n) is 13.8. The molecule has 0 heterocycles. The molecule has 41 heavy (non-hydrogen) atoms. The van der Waals surface area contributed by atoms with Crippen LogP contribution in [-0.4, -0.2) is 13.0 Å². The molecule has 0 N–H and O–H groups in total. The van der Waals surface area contributed by atoms with Crippen molar-refractivity contribution >= 4 is 10.8 Å². The van der Waals surface area contributed by atoms with Crippen molar-refractivity contribution in [2.45, 2.75) is 64.7 Å². The number of ether oxygens (including phenoxy) is 2. The fourth-order valence-corrected chi connectivity index (χ4v) is 4.76. The molecule has 0 amide bonds. The maximum Gasteiger partial charge on any atom is 0.573 e. The summed E-state index contributed by atoms with van der Waals surface area (Å²) in [5, 5.41) is 1.10. The highest BCUT2D eigenvalue weighted by Crippen LogP contribution is 2.27. The van der Waals surface area contributed by atoms with Crippen LogP contribution in [0.2, 0.25) is 0 Å². The summed E-state index contributed by atoms with van der Waals surface area (Å²) in [4.78, 5) is 0. The van der Waals surface area contributed by atoms with Gasteiger partial charge in [-0.15, -0.1) is 13.2 Å². The van der Waals surface area contributed by atoms with Crippen LogP contribution in [0.1, 0.15) is 54.9 Å². The van der Waals surface area contributed by atoms with Crippen LogP contribution in [0.25, 0.3) is 10.8 Å². The average molecular weight is 575 g/mol. The van der Waals surface area contributed by atoms with Crippen molar-refractivity contribution < 1.29 is 35.8 Å². The topological polar surface area (TPSA) is 18.5 Å². The van der Waals surface area contributed by atoms with Gasteiger partial charge in [-0.2, -0.15) is 0 Å². The Balaban J connectivity index is 1.36. The Morgan fingerprint density at radius 3 is 2.02 bits per heavy atom. The summed E-state index contributed by atoms with van der Waals surface area (Å²) in [6.45, 7) is 2.52. The van der Waals surface area contributed by atoms with Crippen LogP contribution < -0.4 is 9.47 Å². The summed E-state index contributed by atoms with van der Waals surface area (Å²) in [5.74, 6) is -1.78. The Hall–Kier alpha value is -3.68. The SMILES string of the molecule is CCCCCCOc1cc(F)c(CCc2ccc3c(F)c(CCc4ccc(OC(F)(F)F)cc4)ccc3c2)c(F)c1. The molecule has 0 saturated carbocycles. The lowest BCUT2D eigenvalue weighted by atomic mass is 9.97. The lowest BCUT2D eigenvalue weighted by Crippen LogP contribution is -2.17. The van der Waals surface area contributed by atoms with Gasteiger partial charge in [-0.25, -0.2) is 13.2 Å². The van der Waals surface area contributed by atoms with E-state index in [1.165, 1.54) is 36.4 Å². The van der Waals surface area contributed by atoms with Gasteiger partial charge < -0.3 is 9.47 Å². The van der Waals surface area contributed by atoms with E-state index in [4.69, 9.17) is 4.74 Å². The van der Waals surface area contributed by atoms with Gasteiger partial charge in [0.2, 0.25) is 0 Å². The van der Waals surface area contributed by atoms with Crippen LogP contribution >= 0.6 is 0 Å². The third-order valence-corrected chi connectivity index (χ3v) is 6.98. The Morgan fingerprint density at radius 1 is 0.659 bits per heavy atom. The molecular weight excluding hydrogens is 542 g/mol. The van der Waals surface area contributed by atoms with Gasteiger partial charge in [0.25, 0.3) is 0 Å². The van der Waals surface area contributed by atoms with Crippen molar-refractivity contribution in [1.82, 2.24) is 0 Å². The lowest BCUT2D eigenvalue weighted by Gasteiger charge is -2.11. The Labute approximate surface area is 235 Å². The highest BCUT2D eigenvalue weighted by atomic mass is 19.4. The fraction of sp³-hybridized carbons (Fsp3) is 0.333. The molecule has 0 aliphatic heterocycles. The van der Waals surface area contributed by atoms with Gasteiger partial charge in [0.1, 0.15) is 29.0 Å². The summed E-state index contributed by atoms with van der Waals surface area (Å²) < 4.78 is 90.9. The van der Waals surface area contributed by atoms with Gasteiger partial charge in [-0.3, -0.25) is 0 Å². The number of halogens is 6. The van der Waals surface area contributed by atoms with Crippen molar-refractivity contribution in [1.29, 1.82) is 0 Å². The molecule has 0 unspecified atom stereocenters. The van der Waals surface area contributed by atoms with Crippen molar-refractivity contribution in [3.8, 4) is 11.5 Å². The largest absolute Gasteiger partial charge is 0.573 e. The summed E-state index contributed by atoms with van der Waals surface area (Å²) in [5.41, 5.74) is 2.04. The van der Waals surface area contributed by atoms with Crippen LogP contribution in [-0.2, 0) is 25.7 Å². The standard InChI is InChI=1S/C33H32F6O2/c1-2-3-4-5-18-40-27-20-30(34)29(31(35)21-27)17-10-23-9-16-28-25(19-23)13-12-24(32(28)36)11-6-22-7-14-26(15-8-22)41-33(37,38)39/h7-9,12-16,19-21H,2-6,10-11,17-18H2,1H3. The fourth-order valence-electron chi connectivity index (χ4n) is 4.76. The van der Waals surface area contributed by atoms with Crippen LogP contribution in [0.3, 0.4) is 0 Å². The number of benzene rings is 4. The molecule has 0 aromatic heterocycles. The number of unbranched alkanes of at least 4 members (excludes halogenated alkanes) is 3. The first kappa shape index (κ1) is 30.3. The minimum atomic E-state index is -4.75. The molecule has 0 bridgehead atoms. The normalized spacial score (nSPS) is 11.7. The molecule has 4 aromatic rings. The van der Waals surface area contributed by atoms with Crippen LogP contribution in [0.4, 0.5) is 26.3 Å².